The van der Waals surface area contributed by atoms with E-state index in [-0.39, 0.29) is 11.9 Å². The number of hydrogen-bond acceptors (Lipinski definition) is 2. The summed E-state index contributed by atoms with van der Waals surface area (Å²) in [6.07, 6.45) is 3.92. The first-order valence-corrected chi connectivity index (χ1v) is 4.82. The maximum Gasteiger partial charge on any atom is 0.245 e. The van der Waals surface area contributed by atoms with Crippen molar-refractivity contribution in [1.29, 1.82) is 0 Å². The lowest BCUT2D eigenvalue weighted by Crippen LogP contribution is -2.38. The van der Waals surface area contributed by atoms with E-state index < -0.39 is 0 Å². The van der Waals surface area contributed by atoms with Crippen molar-refractivity contribution >= 4 is 5.91 Å². The average Bonchev–Trinajstić information content (AvgIpc) is 2.17. The molecule has 0 radical (unpaired) electrons. The van der Waals surface area contributed by atoms with Crippen molar-refractivity contribution in [1.82, 2.24) is 5.06 Å². The van der Waals surface area contributed by atoms with Crippen LogP contribution in [0.15, 0.2) is 12.2 Å². The van der Waals surface area contributed by atoms with Crippen molar-refractivity contribution in [2.24, 2.45) is 0 Å². The van der Waals surface area contributed by atoms with E-state index in [0.717, 1.165) is 30.7 Å². The maximum atomic E-state index is 11.1. The number of hydrogen-bond donors (Lipinski definition) is 1. The molecule has 0 heterocycles. The van der Waals surface area contributed by atoms with Crippen molar-refractivity contribution in [2.75, 3.05) is 0 Å². The van der Waals surface area contributed by atoms with E-state index in [1.165, 1.54) is 5.57 Å². The number of nitrogens with zero attached hydrogens (tertiary/aromatic N) is 1. The molecule has 1 fully saturated rings. The molecule has 1 rings (SSSR count). The first kappa shape index (κ1) is 10.3. The van der Waals surface area contributed by atoms with Gasteiger partial charge in [-0.1, -0.05) is 19.1 Å². The van der Waals surface area contributed by atoms with Crippen LogP contribution in [0.3, 0.4) is 0 Å². The highest BCUT2D eigenvalue weighted by atomic mass is 16.5. The Labute approximate surface area is 79.0 Å². The molecule has 0 spiro atoms. The summed E-state index contributed by atoms with van der Waals surface area (Å²) in [5.74, 6) is -0.183. The second-order valence-corrected chi connectivity index (χ2v) is 3.57. The van der Waals surface area contributed by atoms with E-state index in [4.69, 9.17) is 0 Å². The molecule has 1 amide bonds. The molecule has 0 unspecified atom stereocenters. The monoisotopic (exact) mass is 183 g/mol. The molecule has 3 nitrogen and oxygen atoms in total. The Morgan fingerprint density at radius 1 is 1.62 bits per heavy atom. The molecule has 0 bridgehead atoms. The minimum Gasteiger partial charge on any atom is -0.286 e. The SMILES string of the molecule is C=C1CCC(N(O)C(=O)CC)CC1. The highest BCUT2D eigenvalue weighted by molar-refractivity contribution is 5.74. The molecule has 1 aliphatic rings. The van der Waals surface area contributed by atoms with Crippen LogP contribution in [0.1, 0.15) is 39.0 Å². The Bertz CT molecular complexity index is 203. The Morgan fingerprint density at radius 2 is 2.15 bits per heavy atom. The molecule has 0 aromatic heterocycles. The van der Waals surface area contributed by atoms with Crippen LogP contribution in [0.4, 0.5) is 0 Å². The normalized spacial score (nSPS) is 18.8. The number of carbonyl (C=O) groups is 1. The van der Waals surface area contributed by atoms with Crippen LogP contribution >= 0.6 is 0 Å². The van der Waals surface area contributed by atoms with E-state index >= 15 is 0 Å². The molecule has 0 atom stereocenters. The first-order valence-electron chi connectivity index (χ1n) is 4.82. The fourth-order valence-corrected chi connectivity index (χ4v) is 1.62. The van der Waals surface area contributed by atoms with Gasteiger partial charge in [0.2, 0.25) is 5.91 Å². The summed E-state index contributed by atoms with van der Waals surface area (Å²) in [5.41, 5.74) is 1.23. The smallest absolute Gasteiger partial charge is 0.245 e. The number of hydroxylamine groups is 2. The zero-order chi connectivity index (χ0) is 9.84. The first-order chi connectivity index (χ1) is 6.15. The standard InChI is InChI=1S/C10H17NO2/c1-3-10(12)11(13)9-6-4-8(2)5-7-9/h9,13H,2-7H2,1H3. The fourth-order valence-electron chi connectivity index (χ4n) is 1.62. The molecule has 74 valence electrons. The number of amides is 1. The summed E-state index contributed by atoms with van der Waals surface area (Å²) in [6.45, 7) is 5.65. The van der Waals surface area contributed by atoms with Gasteiger partial charge < -0.3 is 0 Å². The number of allylic oxidation sites excluding steroid dienone is 1. The van der Waals surface area contributed by atoms with Crippen LogP contribution in [0.25, 0.3) is 0 Å². The summed E-state index contributed by atoms with van der Waals surface area (Å²) in [7, 11) is 0. The second-order valence-electron chi connectivity index (χ2n) is 3.57. The molecule has 1 saturated carbocycles. The van der Waals surface area contributed by atoms with Crippen LogP contribution in [0.2, 0.25) is 0 Å². The predicted molar refractivity (Wildman–Crippen MR) is 50.3 cm³/mol. The van der Waals surface area contributed by atoms with Gasteiger partial charge in [0.25, 0.3) is 0 Å². The van der Waals surface area contributed by atoms with Crippen molar-refractivity contribution in [3.05, 3.63) is 12.2 Å². The Balaban J connectivity index is 2.44. The minimum atomic E-state index is -0.183. The van der Waals surface area contributed by atoms with Gasteiger partial charge in [0.15, 0.2) is 0 Å². The maximum absolute atomic E-state index is 11.1. The zero-order valence-electron chi connectivity index (χ0n) is 8.12. The van der Waals surface area contributed by atoms with E-state index in [0.29, 0.717) is 6.42 Å². The second kappa shape index (κ2) is 4.42. The highest BCUT2D eigenvalue weighted by Gasteiger charge is 2.23. The summed E-state index contributed by atoms with van der Waals surface area (Å²) in [6, 6.07) is 0.0120. The molecule has 0 aliphatic heterocycles. The topological polar surface area (TPSA) is 40.5 Å². The van der Waals surface area contributed by atoms with E-state index in [1.54, 1.807) is 6.92 Å². The lowest BCUT2D eigenvalue weighted by atomic mass is 9.91. The van der Waals surface area contributed by atoms with Crippen LogP contribution in [-0.2, 0) is 4.79 Å². The highest BCUT2D eigenvalue weighted by Crippen LogP contribution is 2.25. The molecule has 1 N–H and O–H groups in total. The molecule has 13 heavy (non-hydrogen) atoms. The number of carbonyl (C=O) groups excluding carboxylic acids is 1. The van der Waals surface area contributed by atoms with Gasteiger partial charge in [0.05, 0.1) is 6.04 Å². The van der Waals surface area contributed by atoms with Gasteiger partial charge in [0.1, 0.15) is 0 Å². The van der Waals surface area contributed by atoms with Crippen molar-refractivity contribution in [3.8, 4) is 0 Å². The largest absolute Gasteiger partial charge is 0.286 e. The Hall–Kier alpha value is -0.830. The van der Waals surface area contributed by atoms with Crippen molar-refractivity contribution < 1.29 is 10.0 Å². The van der Waals surface area contributed by atoms with Gasteiger partial charge in [0, 0.05) is 6.42 Å². The van der Waals surface area contributed by atoms with Gasteiger partial charge >= 0.3 is 0 Å². The van der Waals surface area contributed by atoms with Gasteiger partial charge in [-0.3, -0.25) is 10.0 Å². The van der Waals surface area contributed by atoms with Crippen molar-refractivity contribution in [3.63, 3.8) is 0 Å². The van der Waals surface area contributed by atoms with Gasteiger partial charge in [-0.25, -0.2) is 5.06 Å². The molecule has 3 heteroatoms. The lowest BCUT2D eigenvalue weighted by molar-refractivity contribution is -0.177. The van der Waals surface area contributed by atoms with Crippen LogP contribution in [-0.4, -0.2) is 22.2 Å². The van der Waals surface area contributed by atoms with Crippen molar-refractivity contribution in [2.45, 2.75) is 45.1 Å². The summed E-state index contributed by atoms with van der Waals surface area (Å²) >= 11 is 0. The Kier molecular flexibility index (Phi) is 3.48. The van der Waals surface area contributed by atoms with E-state index in [1.807, 2.05) is 0 Å². The molecule has 0 aromatic rings. The fraction of sp³-hybridized carbons (Fsp3) is 0.700. The van der Waals surface area contributed by atoms with Gasteiger partial charge in [-0.2, -0.15) is 0 Å². The van der Waals surface area contributed by atoms with E-state index in [9.17, 15) is 10.0 Å². The molecule has 0 aromatic carbocycles. The zero-order valence-corrected chi connectivity index (χ0v) is 8.12. The van der Waals surface area contributed by atoms with Crippen LogP contribution in [0, 0.1) is 0 Å². The lowest BCUT2D eigenvalue weighted by Gasteiger charge is -2.29. The van der Waals surface area contributed by atoms with Crippen LogP contribution in [0.5, 0.6) is 0 Å². The molecule has 1 aliphatic carbocycles. The van der Waals surface area contributed by atoms with Crippen LogP contribution < -0.4 is 0 Å². The summed E-state index contributed by atoms with van der Waals surface area (Å²) in [5, 5.41) is 10.4. The quantitative estimate of drug-likeness (QED) is 0.404. The van der Waals surface area contributed by atoms with Gasteiger partial charge in [-0.05, 0) is 25.7 Å². The van der Waals surface area contributed by atoms with E-state index in [2.05, 4.69) is 6.58 Å². The van der Waals surface area contributed by atoms with Gasteiger partial charge in [-0.15, -0.1) is 0 Å². The summed E-state index contributed by atoms with van der Waals surface area (Å²) in [4.78, 5) is 11.1. The third kappa shape index (κ3) is 2.56. The Morgan fingerprint density at radius 3 is 2.62 bits per heavy atom. The third-order valence-corrected chi connectivity index (χ3v) is 2.57. The molecule has 0 saturated heterocycles. The predicted octanol–water partition coefficient (Wildman–Crippen LogP) is 2.11. The molecular formula is C10H17NO2. The summed E-state index contributed by atoms with van der Waals surface area (Å²) < 4.78 is 0. The average molecular weight is 183 g/mol. The third-order valence-electron chi connectivity index (χ3n) is 2.57. The number of rotatable bonds is 2. The molecular weight excluding hydrogens is 166 g/mol. The minimum absolute atomic E-state index is 0.0120.